The van der Waals surface area contributed by atoms with Crippen LogP contribution in [0.4, 0.5) is 13.2 Å². The maximum atomic E-state index is 13.6. The molecule has 0 bridgehead atoms. The molecule has 0 aromatic carbocycles. The summed E-state index contributed by atoms with van der Waals surface area (Å²) in [7, 11) is 1.35. The smallest absolute Gasteiger partial charge is 0.434 e. The Morgan fingerprint density at radius 2 is 2.04 bits per heavy atom. The minimum Gasteiger partial charge on any atom is -0.480 e. The first kappa shape index (κ1) is 18.3. The van der Waals surface area contributed by atoms with E-state index in [-0.39, 0.29) is 18.2 Å². The molecular weight excluding hydrogens is 365 g/mol. The van der Waals surface area contributed by atoms with Gasteiger partial charge in [-0.3, -0.25) is 9.78 Å². The van der Waals surface area contributed by atoms with Gasteiger partial charge in [-0.05, 0) is 18.2 Å². The van der Waals surface area contributed by atoms with E-state index in [4.69, 9.17) is 4.74 Å². The zero-order chi connectivity index (χ0) is 19.4. The molecule has 3 aromatic rings. The van der Waals surface area contributed by atoms with Gasteiger partial charge >= 0.3 is 6.18 Å². The molecule has 0 fully saturated rings. The van der Waals surface area contributed by atoms with E-state index in [1.807, 2.05) is 0 Å². The number of amides is 1. The normalized spacial score (nSPS) is 11.3. The van der Waals surface area contributed by atoms with Gasteiger partial charge in [-0.25, -0.2) is 4.68 Å². The quantitative estimate of drug-likeness (QED) is 0.730. The van der Waals surface area contributed by atoms with Gasteiger partial charge in [0.05, 0.1) is 31.1 Å². The Morgan fingerprint density at radius 1 is 1.22 bits per heavy atom. The molecule has 0 saturated heterocycles. The summed E-state index contributed by atoms with van der Waals surface area (Å²) in [6.45, 7) is -0.0233. The van der Waals surface area contributed by atoms with E-state index in [1.54, 1.807) is 18.2 Å². The number of carbonyl (C=O) groups excluding carboxylic acids is 1. The van der Waals surface area contributed by atoms with E-state index in [0.717, 1.165) is 6.20 Å². The number of ether oxygens (including phenoxy) is 1. The molecule has 0 radical (unpaired) electrons. The standard InChI is InChI=1S/C16H13F3N6O2/c1-27-13-6-5-12(23-24-13)25-14(16(17,18)19)11(9-22-25)15(26)21-8-10-4-2-3-7-20-10/h2-7,9H,8H2,1H3,(H,21,26). The number of hydrogen-bond donors (Lipinski definition) is 1. The monoisotopic (exact) mass is 378 g/mol. The number of rotatable bonds is 5. The van der Waals surface area contributed by atoms with Crippen molar-refractivity contribution >= 4 is 5.91 Å². The van der Waals surface area contributed by atoms with Crippen LogP contribution < -0.4 is 10.1 Å². The van der Waals surface area contributed by atoms with Crippen molar-refractivity contribution in [3.05, 3.63) is 59.7 Å². The lowest BCUT2D eigenvalue weighted by molar-refractivity contribution is -0.143. The SMILES string of the molecule is COc1ccc(-n2ncc(C(=O)NCc3ccccn3)c2C(F)(F)F)nn1. The Labute approximate surface area is 151 Å². The van der Waals surface area contributed by atoms with E-state index < -0.39 is 23.3 Å². The van der Waals surface area contributed by atoms with Crippen LogP contribution in [0, 0.1) is 0 Å². The van der Waals surface area contributed by atoms with E-state index >= 15 is 0 Å². The molecule has 27 heavy (non-hydrogen) atoms. The number of pyridine rings is 1. The van der Waals surface area contributed by atoms with Gasteiger partial charge in [0.25, 0.3) is 5.91 Å². The lowest BCUT2D eigenvalue weighted by atomic mass is 10.2. The van der Waals surface area contributed by atoms with Crippen molar-refractivity contribution in [1.29, 1.82) is 0 Å². The van der Waals surface area contributed by atoms with Gasteiger partial charge in [-0.2, -0.15) is 18.3 Å². The molecule has 11 heteroatoms. The highest BCUT2D eigenvalue weighted by Crippen LogP contribution is 2.33. The third-order valence-corrected chi connectivity index (χ3v) is 3.49. The lowest BCUT2D eigenvalue weighted by Crippen LogP contribution is -2.26. The maximum absolute atomic E-state index is 13.6. The van der Waals surface area contributed by atoms with Crippen molar-refractivity contribution in [3.8, 4) is 11.7 Å². The molecule has 0 spiro atoms. The number of halogens is 3. The molecule has 1 N–H and O–H groups in total. The fourth-order valence-corrected chi connectivity index (χ4v) is 2.26. The minimum atomic E-state index is -4.84. The van der Waals surface area contributed by atoms with Crippen LogP contribution in [0.15, 0.2) is 42.7 Å². The second kappa shape index (κ2) is 7.40. The first-order valence-electron chi connectivity index (χ1n) is 7.61. The zero-order valence-corrected chi connectivity index (χ0v) is 13.9. The molecule has 3 heterocycles. The Balaban J connectivity index is 1.91. The number of aromatic nitrogens is 5. The van der Waals surface area contributed by atoms with Crippen LogP contribution >= 0.6 is 0 Å². The van der Waals surface area contributed by atoms with E-state index in [2.05, 4.69) is 25.6 Å². The molecular formula is C16H13F3N6O2. The molecule has 0 saturated carbocycles. The number of alkyl halides is 3. The van der Waals surface area contributed by atoms with Crippen molar-refractivity contribution in [2.24, 2.45) is 0 Å². The van der Waals surface area contributed by atoms with Crippen LogP contribution in [0.1, 0.15) is 21.7 Å². The van der Waals surface area contributed by atoms with Crippen molar-refractivity contribution in [3.63, 3.8) is 0 Å². The molecule has 3 aromatic heterocycles. The van der Waals surface area contributed by atoms with Gasteiger partial charge in [0.15, 0.2) is 11.5 Å². The molecule has 1 amide bonds. The summed E-state index contributed by atoms with van der Waals surface area (Å²) in [5, 5.41) is 13.3. The van der Waals surface area contributed by atoms with Crippen molar-refractivity contribution in [2.45, 2.75) is 12.7 Å². The topological polar surface area (TPSA) is 94.8 Å². The largest absolute Gasteiger partial charge is 0.480 e. The zero-order valence-electron chi connectivity index (χ0n) is 13.9. The van der Waals surface area contributed by atoms with Crippen molar-refractivity contribution < 1.29 is 22.7 Å². The Morgan fingerprint density at radius 3 is 2.63 bits per heavy atom. The van der Waals surface area contributed by atoms with Gasteiger partial charge in [-0.1, -0.05) is 6.07 Å². The second-order valence-electron chi connectivity index (χ2n) is 5.25. The van der Waals surface area contributed by atoms with E-state index in [9.17, 15) is 18.0 Å². The first-order chi connectivity index (χ1) is 12.9. The molecule has 8 nitrogen and oxygen atoms in total. The van der Waals surface area contributed by atoms with Crippen molar-refractivity contribution in [1.82, 2.24) is 30.3 Å². The minimum absolute atomic E-state index is 0.0233. The molecule has 0 atom stereocenters. The van der Waals surface area contributed by atoms with E-state index in [1.165, 1.54) is 25.4 Å². The van der Waals surface area contributed by atoms with Crippen LogP contribution in [0.25, 0.3) is 5.82 Å². The number of hydrogen-bond acceptors (Lipinski definition) is 6. The molecule has 140 valence electrons. The summed E-state index contributed by atoms with van der Waals surface area (Å²) >= 11 is 0. The predicted octanol–water partition coefficient (Wildman–Crippen LogP) is 2.01. The van der Waals surface area contributed by atoms with Gasteiger partial charge in [-0.15, -0.1) is 10.2 Å². The van der Waals surface area contributed by atoms with Gasteiger partial charge in [0.2, 0.25) is 5.88 Å². The summed E-state index contributed by atoms with van der Waals surface area (Å²) in [5.74, 6) is -1.000. The van der Waals surface area contributed by atoms with E-state index in [0.29, 0.717) is 10.4 Å². The summed E-state index contributed by atoms with van der Waals surface area (Å²) in [6.07, 6.45) is -2.48. The number of carbonyl (C=O) groups is 1. The predicted molar refractivity (Wildman–Crippen MR) is 86.1 cm³/mol. The third-order valence-electron chi connectivity index (χ3n) is 3.49. The average Bonchev–Trinajstić information content (AvgIpc) is 3.13. The molecule has 0 aliphatic heterocycles. The lowest BCUT2D eigenvalue weighted by Gasteiger charge is -2.12. The van der Waals surface area contributed by atoms with Gasteiger partial charge in [0.1, 0.15) is 0 Å². The fraction of sp³-hybridized carbons (Fsp3) is 0.188. The van der Waals surface area contributed by atoms with Crippen molar-refractivity contribution in [2.75, 3.05) is 7.11 Å². The van der Waals surface area contributed by atoms with Crippen LogP contribution in [-0.4, -0.2) is 38.0 Å². The molecule has 0 aliphatic rings. The second-order valence-corrected chi connectivity index (χ2v) is 5.25. The average molecular weight is 378 g/mol. The highest BCUT2D eigenvalue weighted by molar-refractivity contribution is 5.95. The summed E-state index contributed by atoms with van der Waals surface area (Å²) < 4.78 is 46.1. The molecule has 0 aliphatic carbocycles. The highest BCUT2D eigenvalue weighted by atomic mass is 19.4. The highest BCUT2D eigenvalue weighted by Gasteiger charge is 2.41. The summed E-state index contributed by atoms with van der Waals surface area (Å²) in [5.41, 5.74) is -1.37. The number of methoxy groups -OCH3 is 1. The van der Waals surface area contributed by atoms with Gasteiger partial charge < -0.3 is 10.1 Å². The Bertz CT molecular complexity index is 926. The fourth-order valence-electron chi connectivity index (χ4n) is 2.26. The summed E-state index contributed by atoms with van der Waals surface area (Å²) in [6, 6.07) is 7.62. The molecule has 3 rings (SSSR count). The maximum Gasteiger partial charge on any atom is 0.434 e. The summed E-state index contributed by atoms with van der Waals surface area (Å²) in [4.78, 5) is 16.3. The Kier molecular flexibility index (Phi) is 5.01. The van der Waals surface area contributed by atoms with Crippen LogP contribution in [0.5, 0.6) is 5.88 Å². The number of nitrogens with zero attached hydrogens (tertiary/aromatic N) is 5. The molecule has 0 unspecified atom stereocenters. The van der Waals surface area contributed by atoms with Gasteiger partial charge in [0, 0.05) is 12.3 Å². The number of nitrogens with one attached hydrogen (secondary N) is 1. The third kappa shape index (κ3) is 4.02. The van der Waals surface area contributed by atoms with Crippen LogP contribution in [-0.2, 0) is 12.7 Å². The van der Waals surface area contributed by atoms with Crippen LogP contribution in [0.3, 0.4) is 0 Å². The van der Waals surface area contributed by atoms with Crippen LogP contribution in [0.2, 0.25) is 0 Å². The Hall–Kier alpha value is -3.50. The first-order valence-corrected chi connectivity index (χ1v) is 7.61.